The largest absolute Gasteiger partial charge is 0.573 e. The van der Waals surface area contributed by atoms with Crippen LogP contribution in [0.2, 0.25) is 0 Å². The van der Waals surface area contributed by atoms with Gasteiger partial charge in [-0.3, -0.25) is 4.79 Å². The molecule has 0 saturated heterocycles. The van der Waals surface area contributed by atoms with Crippen LogP contribution in [0, 0.1) is 0 Å². The van der Waals surface area contributed by atoms with Crippen LogP contribution in [-0.4, -0.2) is 34.1 Å². The molecule has 0 unspecified atom stereocenters. The number of carbonyl (C=O) groups excluding carboxylic acids is 1. The second-order valence-electron chi connectivity index (χ2n) is 7.58. The standard InChI is InChI=1S/C24H21F3N4O4/c1-15(16-5-9-18(33-2)10-6-16)28-21(32)14-31-13-3-4-20(31)23-29-22(30-35-23)17-7-11-19(12-8-17)34-24(25,26)27/h3-13,15H,14H2,1-2H3,(H,28,32)/t15-/m1/s1. The predicted molar refractivity (Wildman–Crippen MR) is 119 cm³/mol. The minimum absolute atomic E-state index is 0.0179. The smallest absolute Gasteiger partial charge is 0.497 e. The highest BCUT2D eigenvalue weighted by atomic mass is 19.4. The van der Waals surface area contributed by atoms with Crippen molar-refractivity contribution < 1.29 is 32.0 Å². The molecule has 1 amide bonds. The molecule has 0 bridgehead atoms. The molecule has 2 heterocycles. The number of aromatic nitrogens is 3. The maximum absolute atomic E-state index is 12.6. The van der Waals surface area contributed by atoms with Crippen LogP contribution in [0.15, 0.2) is 71.4 Å². The summed E-state index contributed by atoms with van der Waals surface area (Å²) in [5, 5.41) is 6.84. The zero-order valence-corrected chi connectivity index (χ0v) is 18.7. The first-order chi connectivity index (χ1) is 16.7. The summed E-state index contributed by atoms with van der Waals surface area (Å²) < 4.78 is 53.0. The molecule has 2 aromatic heterocycles. The summed E-state index contributed by atoms with van der Waals surface area (Å²) in [7, 11) is 1.59. The van der Waals surface area contributed by atoms with Gasteiger partial charge in [0.15, 0.2) is 0 Å². The first kappa shape index (κ1) is 23.9. The molecule has 4 aromatic rings. The number of methoxy groups -OCH3 is 1. The lowest BCUT2D eigenvalue weighted by Gasteiger charge is -2.15. The molecular weight excluding hydrogens is 465 g/mol. The second-order valence-corrected chi connectivity index (χ2v) is 7.58. The third-order valence-electron chi connectivity index (χ3n) is 5.13. The number of hydrogen-bond donors (Lipinski definition) is 1. The molecular formula is C24H21F3N4O4. The maximum Gasteiger partial charge on any atom is 0.573 e. The number of alkyl halides is 3. The number of carbonyl (C=O) groups is 1. The lowest BCUT2D eigenvalue weighted by Crippen LogP contribution is -2.30. The highest BCUT2D eigenvalue weighted by Crippen LogP contribution is 2.27. The Bertz CT molecular complexity index is 1280. The summed E-state index contributed by atoms with van der Waals surface area (Å²) in [5.74, 6) is 0.508. The number of hydrogen-bond acceptors (Lipinski definition) is 6. The highest BCUT2D eigenvalue weighted by molar-refractivity contribution is 5.77. The van der Waals surface area contributed by atoms with Crippen molar-refractivity contribution in [3.05, 3.63) is 72.4 Å². The fourth-order valence-corrected chi connectivity index (χ4v) is 3.41. The summed E-state index contributed by atoms with van der Waals surface area (Å²) in [6.45, 7) is 1.90. The summed E-state index contributed by atoms with van der Waals surface area (Å²) in [6.07, 6.45) is -3.06. The van der Waals surface area contributed by atoms with E-state index in [0.717, 1.165) is 23.4 Å². The molecule has 35 heavy (non-hydrogen) atoms. The van der Waals surface area contributed by atoms with Gasteiger partial charge in [0.25, 0.3) is 5.89 Å². The van der Waals surface area contributed by atoms with E-state index in [9.17, 15) is 18.0 Å². The first-order valence-corrected chi connectivity index (χ1v) is 10.5. The third-order valence-corrected chi connectivity index (χ3v) is 5.13. The summed E-state index contributed by atoms with van der Waals surface area (Å²) in [4.78, 5) is 17.0. The van der Waals surface area contributed by atoms with Crippen LogP contribution in [-0.2, 0) is 11.3 Å². The molecule has 1 N–H and O–H groups in total. The van der Waals surface area contributed by atoms with Gasteiger partial charge < -0.3 is 23.9 Å². The van der Waals surface area contributed by atoms with E-state index in [1.807, 2.05) is 31.2 Å². The van der Waals surface area contributed by atoms with E-state index in [0.29, 0.717) is 11.3 Å². The molecule has 1 atom stereocenters. The van der Waals surface area contributed by atoms with Gasteiger partial charge in [-0.05, 0) is 61.0 Å². The van der Waals surface area contributed by atoms with E-state index in [4.69, 9.17) is 9.26 Å². The Hall–Kier alpha value is -4.28. The van der Waals surface area contributed by atoms with Crippen LogP contribution in [0.3, 0.4) is 0 Å². The monoisotopic (exact) mass is 486 g/mol. The molecule has 4 rings (SSSR count). The van der Waals surface area contributed by atoms with Crippen LogP contribution in [0.1, 0.15) is 18.5 Å². The van der Waals surface area contributed by atoms with Gasteiger partial charge in [0.2, 0.25) is 11.7 Å². The zero-order chi connectivity index (χ0) is 25.0. The number of nitrogens with zero attached hydrogens (tertiary/aromatic N) is 3. The van der Waals surface area contributed by atoms with Gasteiger partial charge in [0.05, 0.1) is 13.2 Å². The van der Waals surface area contributed by atoms with E-state index in [-0.39, 0.29) is 36.0 Å². The lowest BCUT2D eigenvalue weighted by molar-refractivity contribution is -0.274. The van der Waals surface area contributed by atoms with Crippen molar-refractivity contribution in [2.24, 2.45) is 0 Å². The Morgan fingerprint density at radius 2 is 1.77 bits per heavy atom. The van der Waals surface area contributed by atoms with E-state index in [2.05, 4.69) is 20.2 Å². The van der Waals surface area contributed by atoms with Gasteiger partial charge in [-0.2, -0.15) is 4.98 Å². The van der Waals surface area contributed by atoms with Gasteiger partial charge in [-0.15, -0.1) is 13.2 Å². The quantitative estimate of drug-likeness (QED) is 0.377. The average Bonchev–Trinajstić information content (AvgIpc) is 3.48. The van der Waals surface area contributed by atoms with Crippen molar-refractivity contribution in [1.29, 1.82) is 0 Å². The summed E-state index contributed by atoms with van der Waals surface area (Å²) >= 11 is 0. The maximum atomic E-state index is 12.6. The molecule has 11 heteroatoms. The second kappa shape index (κ2) is 9.92. The zero-order valence-electron chi connectivity index (χ0n) is 18.7. The lowest BCUT2D eigenvalue weighted by atomic mass is 10.1. The molecule has 8 nitrogen and oxygen atoms in total. The van der Waals surface area contributed by atoms with Gasteiger partial charge in [0.1, 0.15) is 23.7 Å². The average molecular weight is 486 g/mol. The first-order valence-electron chi connectivity index (χ1n) is 10.5. The van der Waals surface area contributed by atoms with Crippen LogP contribution in [0.5, 0.6) is 11.5 Å². The fraction of sp³-hybridized carbons (Fsp3) is 0.208. The van der Waals surface area contributed by atoms with Crippen molar-refractivity contribution in [3.8, 4) is 34.5 Å². The number of rotatable bonds is 8. The third kappa shape index (κ3) is 5.99. The van der Waals surface area contributed by atoms with E-state index < -0.39 is 6.36 Å². The Morgan fingerprint density at radius 1 is 1.09 bits per heavy atom. The van der Waals surface area contributed by atoms with Crippen LogP contribution >= 0.6 is 0 Å². The van der Waals surface area contributed by atoms with Crippen LogP contribution < -0.4 is 14.8 Å². The van der Waals surface area contributed by atoms with Crippen molar-refractivity contribution in [3.63, 3.8) is 0 Å². The minimum Gasteiger partial charge on any atom is -0.497 e. The van der Waals surface area contributed by atoms with Crippen molar-refractivity contribution >= 4 is 5.91 Å². The molecule has 0 saturated carbocycles. The van der Waals surface area contributed by atoms with E-state index in [1.54, 1.807) is 30.0 Å². The van der Waals surface area contributed by atoms with Crippen LogP contribution in [0.4, 0.5) is 13.2 Å². The molecule has 182 valence electrons. The number of amides is 1. The van der Waals surface area contributed by atoms with Gasteiger partial charge >= 0.3 is 6.36 Å². The van der Waals surface area contributed by atoms with Gasteiger partial charge in [-0.1, -0.05) is 17.3 Å². The fourth-order valence-electron chi connectivity index (χ4n) is 3.41. The van der Waals surface area contributed by atoms with E-state index in [1.165, 1.54) is 12.1 Å². The normalized spacial score (nSPS) is 12.3. The molecule has 0 spiro atoms. The van der Waals surface area contributed by atoms with E-state index >= 15 is 0 Å². The van der Waals surface area contributed by atoms with Crippen molar-refractivity contribution in [1.82, 2.24) is 20.0 Å². The van der Waals surface area contributed by atoms with Gasteiger partial charge in [-0.25, -0.2) is 0 Å². The molecule has 2 aromatic carbocycles. The minimum atomic E-state index is -4.77. The van der Waals surface area contributed by atoms with Gasteiger partial charge in [0, 0.05) is 11.8 Å². The molecule has 0 fully saturated rings. The Kier molecular flexibility index (Phi) is 6.76. The van der Waals surface area contributed by atoms with Crippen LogP contribution in [0.25, 0.3) is 23.0 Å². The predicted octanol–water partition coefficient (Wildman–Crippen LogP) is 4.99. The molecule has 0 aliphatic heterocycles. The topological polar surface area (TPSA) is 91.4 Å². The Balaban J connectivity index is 1.42. The molecule has 0 aliphatic rings. The molecule has 0 aliphatic carbocycles. The van der Waals surface area contributed by atoms with Crippen molar-refractivity contribution in [2.45, 2.75) is 25.9 Å². The Labute approximate surface area is 198 Å². The summed E-state index contributed by atoms with van der Waals surface area (Å²) in [5.41, 5.74) is 1.90. The Morgan fingerprint density at radius 3 is 2.43 bits per heavy atom. The number of halogens is 3. The number of nitrogens with one attached hydrogen (secondary N) is 1. The summed E-state index contributed by atoms with van der Waals surface area (Å²) in [6, 6.07) is 15.8. The highest BCUT2D eigenvalue weighted by Gasteiger charge is 2.31. The number of benzene rings is 2. The SMILES string of the molecule is COc1ccc([C@@H](C)NC(=O)Cn2cccc2-c2nc(-c3ccc(OC(F)(F)F)cc3)no2)cc1. The molecule has 0 radical (unpaired) electrons. The van der Waals surface area contributed by atoms with Crippen molar-refractivity contribution in [2.75, 3.05) is 7.11 Å². The number of ether oxygens (including phenoxy) is 2.